The molecule has 0 amide bonds. The molecule has 0 aromatic heterocycles. The molecule has 0 atom stereocenters. The summed E-state index contributed by atoms with van der Waals surface area (Å²) >= 11 is 0. The van der Waals surface area contributed by atoms with Crippen LogP contribution in [0.4, 0.5) is 0 Å². The number of hydrogen-bond donors (Lipinski definition) is 0. The molecule has 0 aromatic carbocycles. The van der Waals surface area contributed by atoms with E-state index in [1.807, 2.05) is 0 Å². The molecule has 0 heterocycles. The molecule has 0 fully saturated rings. The number of allylic oxidation sites excluding steroid dienone is 1. The fraction of sp³-hybridized carbons (Fsp3) is 0.412. The van der Waals surface area contributed by atoms with E-state index >= 15 is 0 Å². The summed E-state index contributed by atoms with van der Waals surface area (Å²) in [6.45, 7) is 11.4. The average Bonchev–Trinajstić information content (AvgIpc) is 2.64. The Morgan fingerprint density at radius 2 is 1.44 bits per heavy atom. The summed E-state index contributed by atoms with van der Waals surface area (Å²) in [5.74, 6) is -1.30. The standard InChI is InChI=1S/C17H24O8/c1-5-9-22-24-13-17(11-20-15(18)7-3,12-21-16(19)8-4)14-25-23-10-6-2/h5-8,10H,1,3-4,9,11-14H2,2H3/b10-6+. The van der Waals surface area contributed by atoms with E-state index in [1.54, 1.807) is 13.0 Å². The van der Waals surface area contributed by atoms with Crippen LogP contribution < -0.4 is 0 Å². The molecule has 8 nitrogen and oxygen atoms in total. The molecule has 0 unspecified atom stereocenters. The van der Waals surface area contributed by atoms with Gasteiger partial charge in [0.05, 0.1) is 12.0 Å². The molecule has 0 N–H and O–H groups in total. The van der Waals surface area contributed by atoms with Gasteiger partial charge in [-0.25, -0.2) is 19.4 Å². The van der Waals surface area contributed by atoms with E-state index in [4.69, 9.17) is 29.0 Å². The van der Waals surface area contributed by atoms with Crippen LogP contribution in [-0.2, 0) is 38.6 Å². The second-order valence-corrected chi connectivity index (χ2v) is 4.79. The summed E-state index contributed by atoms with van der Waals surface area (Å²) in [5.41, 5.74) is -1.08. The predicted molar refractivity (Wildman–Crippen MR) is 88.7 cm³/mol. The van der Waals surface area contributed by atoms with Crippen molar-refractivity contribution in [2.24, 2.45) is 5.41 Å². The number of rotatable bonds is 15. The first-order chi connectivity index (χ1) is 12.0. The van der Waals surface area contributed by atoms with E-state index in [1.165, 1.54) is 12.3 Å². The van der Waals surface area contributed by atoms with Gasteiger partial charge in [0, 0.05) is 12.2 Å². The summed E-state index contributed by atoms with van der Waals surface area (Å²) < 4.78 is 10.1. The Labute approximate surface area is 147 Å². The molecular weight excluding hydrogens is 332 g/mol. The zero-order valence-electron chi connectivity index (χ0n) is 14.3. The fourth-order valence-electron chi connectivity index (χ4n) is 1.33. The molecule has 25 heavy (non-hydrogen) atoms. The van der Waals surface area contributed by atoms with Gasteiger partial charge in [0.1, 0.15) is 32.7 Å². The zero-order valence-corrected chi connectivity index (χ0v) is 14.3. The van der Waals surface area contributed by atoms with Gasteiger partial charge in [0.2, 0.25) is 0 Å². The molecule has 140 valence electrons. The molecule has 0 aliphatic carbocycles. The first-order valence-corrected chi connectivity index (χ1v) is 7.36. The van der Waals surface area contributed by atoms with Gasteiger partial charge in [-0.1, -0.05) is 19.2 Å². The SMILES string of the molecule is C=CCOOCC(COO/C=C/C)(COC(=O)C=C)COC(=O)C=C. The lowest BCUT2D eigenvalue weighted by Gasteiger charge is -2.30. The molecular formula is C17H24O8. The Balaban J connectivity index is 5.05. The Morgan fingerprint density at radius 3 is 1.92 bits per heavy atom. The Hall–Kier alpha value is -2.42. The number of ether oxygens (including phenoxy) is 2. The quantitative estimate of drug-likeness (QED) is 0.0838. The minimum absolute atomic E-state index is 0.116. The maximum absolute atomic E-state index is 11.4. The van der Waals surface area contributed by atoms with Crippen molar-refractivity contribution in [3.05, 3.63) is 50.3 Å². The van der Waals surface area contributed by atoms with Crippen LogP contribution in [0.15, 0.2) is 50.3 Å². The van der Waals surface area contributed by atoms with Gasteiger partial charge >= 0.3 is 11.9 Å². The monoisotopic (exact) mass is 356 g/mol. The summed E-state index contributed by atoms with van der Waals surface area (Å²) in [5, 5.41) is 0. The van der Waals surface area contributed by atoms with Crippen molar-refractivity contribution in [3.8, 4) is 0 Å². The van der Waals surface area contributed by atoms with E-state index in [0.29, 0.717) is 0 Å². The van der Waals surface area contributed by atoms with Crippen LogP contribution in [0.2, 0.25) is 0 Å². The zero-order chi connectivity index (χ0) is 19.0. The average molecular weight is 356 g/mol. The highest BCUT2D eigenvalue weighted by Gasteiger charge is 2.36. The largest absolute Gasteiger partial charge is 0.462 e. The molecule has 0 aliphatic rings. The third kappa shape index (κ3) is 10.9. The summed E-state index contributed by atoms with van der Waals surface area (Å²) in [6, 6.07) is 0. The van der Waals surface area contributed by atoms with Crippen molar-refractivity contribution in [2.45, 2.75) is 6.92 Å². The maximum Gasteiger partial charge on any atom is 0.330 e. The van der Waals surface area contributed by atoms with Crippen LogP contribution in [0.25, 0.3) is 0 Å². The predicted octanol–water partition coefficient (Wildman–Crippen LogP) is 2.05. The van der Waals surface area contributed by atoms with Gasteiger partial charge in [-0.15, -0.1) is 6.58 Å². The highest BCUT2D eigenvalue weighted by atomic mass is 17.2. The first-order valence-electron chi connectivity index (χ1n) is 7.36. The van der Waals surface area contributed by atoms with Crippen molar-refractivity contribution in [1.82, 2.24) is 0 Å². The van der Waals surface area contributed by atoms with Crippen molar-refractivity contribution in [3.63, 3.8) is 0 Å². The smallest absolute Gasteiger partial charge is 0.330 e. The third-order valence-corrected chi connectivity index (χ3v) is 2.63. The van der Waals surface area contributed by atoms with E-state index in [-0.39, 0.29) is 33.0 Å². The van der Waals surface area contributed by atoms with E-state index in [2.05, 4.69) is 19.7 Å². The summed E-state index contributed by atoms with van der Waals surface area (Å²) in [7, 11) is 0. The molecule has 0 radical (unpaired) electrons. The minimum atomic E-state index is -1.08. The van der Waals surface area contributed by atoms with E-state index in [9.17, 15) is 9.59 Å². The molecule has 0 saturated carbocycles. The molecule has 0 rings (SSSR count). The number of hydrogen-bond acceptors (Lipinski definition) is 8. The van der Waals surface area contributed by atoms with E-state index in [0.717, 1.165) is 12.2 Å². The van der Waals surface area contributed by atoms with Crippen LogP contribution in [-0.4, -0.2) is 45.0 Å². The number of esters is 2. The highest BCUT2D eigenvalue weighted by molar-refractivity contribution is 5.81. The number of carbonyl (C=O) groups is 2. The minimum Gasteiger partial charge on any atom is -0.462 e. The van der Waals surface area contributed by atoms with E-state index < -0.39 is 17.4 Å². The lowest BCUT2D eigenvalue weighted by molar-refractivity contribution is -0.329. The molecule has 0 aromatic rings. The second-order valence-electron chi connectivity index (χ2n) is 4.79. The van der Waals surface area contributed by atoms with Crippen molar-refractivity contribution >= 4 is 11.9 Å². The Bertz CT molecular complexity index is 445. The van der Waals surface area contributed by atoms with Gasteiger partial charge in [0.15, 0.2) is 0 Å². The lowest BCUT2D eigenvalue weighted by atomic mass is 9.92. The Kier molecular flexibility index (Phi) is 12.6. The topological polar surface area (TPSA) is 89.5 Å². The lowest BCUT2D eigenvalue weighted by Crippen LogP contribution is -2.42. The molecule has 0 bridgehead atoms. The summed E-state index contributed by atoms with van der Waals surface area (Å²) in [4.78, 5) is 42.6. The highest BCUT2D eigenvalue weighted by Crippen LogP contribution is 2.21. The fourth-order valence-corrected chi connectivity index (χ4v) is 1.33. The van der Waals surface area contributed by atoms with Crippen molar-refractivity contribution < 1.29 is 38.6 Å². The molecule has 8 heteroatoms. The molecule has 0 aliphatic heterocycles. The van der Waals surface area contributed by atoms with Crippen LogP contribution >= 0.6 is 0 Å². The van der Waals surface area contributed by atoms with Crippen LogP contribution in [0.3, 0.4) is 0 Å². The summed E-state index contributed by atoms with van der Waals surface area (Å²) in [6.07, 6.45) is 6.43. The van der Waals surface area contributed by atoms with Crippen LogP contribution in [0.5, 0.6) is 0 Å². The first kappa shape index (κ1) is 22.6. The van der Waals surface area contributed by atoms with Crippen molar-refractivity contribution in [2.75, 3.05) is 33.0 Å². The third-order valence-electron chi connectivity index (χ3n) is 2.63. The van der Waals surface area contributed by atoms with Gasteiger partial charge < -0.3 is 14.4 Å². The maximum atomic E-state index is 11.4. The number of carbonyl (C=O) groups excluding carboxylic acids is 2. The molecule has 0 spiro atoms. The second kappa shape index (κ2) is 14.0. The normalized spacial score (nSPS) is 10.9. The molecule has 0 saturated heterocycles. The van der Waals surface area contributed by atoms with Gasteiger partial charge in [0.25, 0.3) is 0 Å². The van der Waals surface area contributed by atoms with Crippen molar-refractivity contribution in [1.29, 1.82) is 0 Å². The van der Waals surface area contributed by atoms with Crippen LogP contribution in [0.1, 0.15) is 6.92 Å². The van der Waals surface area contributed by atoms with Gasteiger partial charge in [-0.05, 0) is 13.0 Å². The van der Waals surface area contributed by atoms with Gasteiger partial charge in [-0.3, -0.25) is 0 Å². The van der Waals surface area contributed by atoms with Gasteiger partial charge in [-0.2, -0.15) is 4.89 Å². The van der Waals surface area contributed by atoms with Crippen LogP contribution in [0, 0.1) is 5.41 Å². The Morgan fingerprint density at radius 1 is 0.880 bits per heavy atom.